The van der Waals surface area contributed by atoms with Gasteiger partial charge in [0.1, 0.15) is 23.1 Å². The molecule has 10 nitrogen and oxygen atoms in total. The van der Waals surface area contributed by atoms with Crippen LogP contribution in [0.3, 0.4) is 0 Å². The van der Waals surface area contributed by atoms with Crippen molar-refractivity contribution in [3.05, 3.63) is 58.1 Å². The van der Waals surface area contributed by atoms with Crippen LogP contribution in [0.4, 0.5) is 11.4 Å². The summed E-state index contributed by atoms with van der Waals surface area (Å²) in [6.07, 6.45) is -1.14. The second kappa shape index (κ2) is 6.89. The van der Waals surface area contributed by atoms with Crippen molar-refractivity contribution in [3.63, 3.8) is 0 Å². The van der Waals surface area contributed by atoms with Gasteiger partial charge in [0, 0.05) is 23.8 Å². The van der Waals surface area contributed by atoms with Crippen LogP contribution in [-0.4, -0.2) is 42.8 Å². The highest BCUT2D eigenvalue weighted by Gasteiger charge is 2.56. The molecule has 2 amide bonds. The topological polar surface area (TPSA) is 121 Å². The molecule has 2 aromatic carbocycles. The van der Waals surface area contributed by atoms with Gasteiger partial charge in [0.15, 0.2) is 0 Å². The minimum absolute atomic E-state index is 0.105. The summed E-state index contributed by atoms with van der Waals surface area (Å²) in [7, 11) is 2.97. The van der Waals surface area contributed by atoms with Gasteiger partial charge < -0.3 is 14.3 Å². The number of methoxy groups -OCH3 is 2. The SMILES string of the molecule is COc1ccc(C2=NO[C@@H]3C(=O)N(c4cccc([N+](=O)[O-])c4)C(=O)[C@@H]23)c(OC)c1. The number of benzene rings is 2. The molecule has 0 radical (unpaired) electrons. The highest BCUT2D eigenvalue weighted by Crippen LogP contribution is 2.38. The van der Waals surface area contributed by atoms with E-state index in [4.69, 9.17) is 14.3 Å². The smallest absolute Gasteiger partial charge is 0.278 e. The number of fused-ring (bicyclic) bond motifs is 1. The Kier molecular flexibility index (Phi) is 4.38. The van der Waals surface area contributed by atoms with Crippen molar-refractivity contribution in [3.8, 4) is 11.5 Å². The molecule has 2 aromatic rings. The summed E-state index contributed by atoms with van der Waals surface area (Å²) in [5.41, 5.74) is 0.615. The normalized spacial score (nSPS) is 20.2. The fourth-order valence-electron chi connectivity index (χ4n) is 3.41. The average Bonchev–Trinajstić information content (AvgIpc) is 3.27. The summed E-state index contributed by atoms with van der Waals surface area (Å²) >= 11 is 0. The van der Waals surface area contributed by atoms with Crippen molar-refractivity contribution in [2.45, 2.75) is 6.10 Å². The number of rotatable bonds is 5. The number of nitro benzene ring substituents is 1. The first-order valence-electron chi connectivity index (χ1n) is 8.54. The molecule has 2 aliphatic rings. The van der Waals surface area contributed by atoms with Crippen LogP contribution in [-0.2, 0) is 14.4 Å². The number of ether oxygens (including phenoxy) is 2. The van der Waals surface area contributed by atoms with Gasteiger partial charge in [-0.2, -0.15) is 0 Å². The van der Waals surface area contributed by atoms with E-state index in [0.29, 0.717) is 17.1 Å². The molecule has 2 aliphatic heterocycles. The number of amides is 2. The van der Waals surface area contributed by atoms with Crippen molar-refractivity contribution < 1.29 is 28.8 Å². The third kappa shape index (κ3) is 2.85. The molecule has 0 aromatic heterocycles. The van der Waals surface area contributed by atoms with Crippen LogP contribution in [0, 0.1) is 16.0 Å². The largest absolute Gasteiger partial charge is 0.497 e. The third-order valence-corrected chi connectivity index (χ3v) is 4.80. The van der Waals surface area contributed by atoms with E-state index >= 15 is 0 Å². The van der Waals surface area contributed by atoms with Crippen molar-refractivity contribution in [2.75, 3.05) is 19.1 Å². The second-order valence-electron chi connectivity index (χ2n) is 6.34. The van der Waals surface area contributed by atoms with E-state index in [1.165, 1.54) is 38.5 Å². The van der Waals surface area contributed by atoms with Crippen LogP contribution >= 0.6 is 0 Å². The molecule has 0 unspecified atom stereocenters. The molecule has 148 valence electrons. The molecule has 4 rings (SSSR count). The minimum Gasteiger partial charge on any atom is -0.497 e. The Morgan fingerprint density at radius 1 is 1.10 bits per heavy atom. The third-order valence-electron chi connectivity index (χ3n) is 4.80. The maximum atomic E-state index is 13.1. The average molecular weight is 397 g/mol. The Morgan fingerprint density at radius 2 is 1.90 bits per heavy atom. The maximum Gasteiger partial charge on any atom is 0.278 e. The lowest BCUT2D eigenvalue weighted by atomic mass is 9.93. The Bertz CT molecular complexity index is 1070. The van der Waals surface area contributed by atoms with Gasteiger partial charge in [-0.3, -0.25) is 19.7 Å². The van der Waals surface area contributed by atoms with E-state index < -0.39 is 28.8 Å². The number of carbonyl (C=O) groups is 2. The number of anilines is 1. The summed E-state index contributed by atoms with van der Waals surface area (Å²) in [6.45, 7) is 0. The molecular formula is C19H15N3O7. The van der Waals surface area contributed by atoms with Crippen molar-refractivity contribution in [1.29, 1.82) is 0 Å². The molecule has 2 atom stereocenters. The molecule has 1 fully saturated rings. The number of imide groups is 1. The zero-order valence-corrected chi connectivity index (χ0v) is 15.4. The molecule has 1 saturated heterocycles. The number of non-ortho nitro benzene ring substituents is 1. The van der Waals surface area contributed by atoms with Crippen LogP contribution in [0.25, 0.3) is 0 Å². The number of hydrogen-bond donors (Lipinski definition) is 0. The molecule has 0 N–H and O–H groups in total. The highest BCUT2D eigenvalue weighted by molar-refractivity contribution is 6.32. The summed E-state index contributed by atoms with van der Waals surface area (Å²) < 4.78 is 10.5. The zero-order valence-electron chi connectivity index (χ0n) is 15.4. The minimum atomic E-state index is -1.14. The van der Waals surface area contributed by atoms with Crippen LogP contribution in [0.5, 0.6) is 11.5 Å². The van der Waals surface area contributed by atoms with Gasteiger partial charge >= 0.3 is 0 Å². The van der Waals surface area contributed by atoms with Crippen molar-refractivity contribution in [2.24, 2.45) is 11.1 Å². The highest BCUT2D eigenvalue weighted by atomic mass is 16.7. The number of nitrogens with zero attached hydrogens (tertiary/aromatic N) is 3. The van der Waals surface area contributed by atoms with Crippen LogP contribution in [0.1, 0.15) is 5.56 Å². The molecule has 10 heteroatoms. The van der Waals surface area contributed by atoms with Gasteiger partial charge in [0.2, 0.25) is 12.0 Å². The molecule has 29 heavy (non-hydrogen) atoms. The first-order chi connectivity index (χ1) is 14.0. The first kappa shape index (κ1) is 18.4. The van der Waals surface area contributed by atoms with Gasteiger partial charge in [0.05, 0.1) is 24.8 Å². The fourth-order valence-corrected chi connectivity index (χ4v) is 3.41. The lowest BCUT2D eigenvalue weighted by Gasteiger charge is -2.16. The number of nitro groups is 1. The summed E-state index contributed by atoms with van der Waals surface area (Å²) in [6, 6.07) is 10.3. The molecular weight excluding hydrogens is 382 g/mol. The number of hydrogen-bond acceptors (Lipinski definition) is 8. The molecule has 2 heterocycles. The summed E-state index contributed by atoms with van der Waals surface area (Å²) in [4.78, 5) is 42.5. The van der Waals surface area contributed by atoms with E-state index in [-0.39, 0.29) is 17.1 Å². The molecule has 0 spiro atoms. The monoisotopic (exact) mass is 397 g/mol. The van der Waals surface area contributed by atoms with Crippen LogP contribution < -0.4 is 14.4 Å². The van der Waals surface area contributed by atoms with E-state index in [1.54, 1.807) is 18.2 Å². The van der Waals surface area contributed by atoms with E-state index in [9.17, 15) is 19.7 Å². The number of carbonyl (C=O) groups excluding carboxylic acids is 2. The van der Waals surface area contributed by atoms with E-state index in [0.717, 1.165) is 4.90 Å². The lowest BCUT2D eigenvalue weighted by molar-refractivity contribution is -0.384. The van der Waals surface area contributed by atoms with Gasteiger partial charge in [0.25, 0.3) is 11.6 Å². The van der Waals surface area contributed by atoms with E-state index in [2.05, 4.69) is 5.16 Å². The maximum absolute atomic E-state index is 13.1. The molecule has 0 bridgehead atoms. The van der Waals surface area contributed by atoms with Crippen molar-refractivity contribution >= 4 is 28.9 Å². The van der Waals surface area contributed by atoms with Crippen LogP contribution in [0.15, 0.2) is 47.6 Å². The quantitative estimate of drug-likeness (QED) is 0.429. The second-order valence-corrected chi connectivity index (χ2v) is 6.34. The Labute approximate surface area is 164 Å². The van der Waals surface area contributed by atoms with Gasteiger partial charge in [-0.15, -0.1) is 0 Å². The Hall–Kier alpha value is -3.95. The molecule has 0 saturated carbocycles. The van der Waals surface area contributed by atoms with Crippen molar-refractivity contribution in [1.82, 2.24) is 0 Å². The standard InChI is InChI=1S/C19H15N3O7/c1-27-12-6-7-13(14(9-12)28-2)16-15-17(29-20-16)19(24)21(18(15)23)10-4-3-5-11(8-10)22(25)26/h3-9,15,17H,1-2H3/t15-,17-/m0/s1. The van der Waals surface area contributed by atoms with Gasteiger partial charge in [-0.1, -0.05) is 11.2 Å². The number of oxime groups is 1. The van der Waals surface area contributed by atoms with Gasteiger partial charge in [-0.05, 0) is 18.2 Å². The molecule has 0 aliphatic carbocycles. The zero-order chi connectivity index (χ0) is 20.7. The summed E-state index contributed by atoms with van der Waals surface area (Å²) in [5.74, 6) is -1.24. The Morgan fingerprint density at radius 3 is 2.59 bits per heavy atom. The van der Waals surface area contributed by atoms with Gasteiger partial charge in [-0.25, -0.2) is 4.90 Å². The van der Waals surface area contributed by atoms with Crippen LogP contribution in [0.2, 0.25) is 0 Å². The summed E-state index contributed by atoms with van der Waals surface area (Å²) in [5, 5.41) is 15.0. The first-order valence-corrected chi connectivity index (χ1v) is 8.54. The predicted molar refractivity (Wildman–Crippen MR) is 100 cm³/mol. The van der Waals surface area contributed by atoms with E-state index in [1.807, 2.05) is 0 Å². The lowest BCUT2D eigenvalue weighted by Crippen LogP contribution is -2.33. The fraction of sp³-hybridized carbons (Fsp3) is 0.211. The predicted octanol–water partition coefficient (Wildman–Crippen LogP) is 1.90. The Balaban J connectivity index is 1.71.